The lowest BCUT2D eigenvalue weighted by Crippen LogP contribution is -2.51. The number of rotatable bonds is 4. The van der Waals surface area contributed by atoms with Gasteiger partial charge < -0.3 is 0 Å². The van der Waals surface area contributed by atoms with Gasteiger partial charge in [-0.05, 0) is 60.5 Å². The highest BCUT2D eigenvalue weighted by molar-refractivity contribution is 7.80. The summed E-state index contributed by atoms with van der Waals surface area (Å²) >= 11 is 5.28. The fourth-order valence-electron chi connectivity index (χ4n) is 3.04. The van der Waals surface area contributed by atoms with Crippen LogP contribution < -0.4 is 10.7 Å². The number of aromatic nitrogens is 1. The molecular weight excluding hydrogens is 363 g/mol. The van der Waals surface area contributed by atoms with Crippen LogP contribution in [-0.2, 0) is 4.79 Å². The fraction of sp³-hybridized carbons (Fsp3) is 0.250. The first-order valence-corrected chi connectivity index (χ1v) is 9.24. The molecule has 1 aliphatic heterocycles. The lowest BCUT2D eigenvalue weighted by atomic mass is 9.98. The smallest absolute Gasteiger partial charge is 0.250 e. The maximum atomic E-state index is 12.9. The summed E-state index contributed by atoms with van der Waals surface area (Å²) in [6.07, 6.45) is 9.79. The van der Waals surface area contributed by atoms with Gasteiger partial charge in [0, 0.05) is 25.0 Å². The zero-order chi connectivity index (χ0) is 19.1. The van der Waals surface area contributed by atoms with E-state index in [4.69, 9.17) is 12.2 Å². The van der Waals surface area contributed by atoms with Gasteiger partial charge in [0.1, 0.15) is 5.82 Å². The van der Waals surface area contributed by atoms with E-state index in [2.05, 4.69) is 15.7 Å². The number of hydrazine groups is 1. The predicted octanol–water partition coefficient (Wildman–Crippen LogP) is 3.37. The second-order valence-corrected chi connectivity index (χ2v) is 6.71. The Labute approximate surface area is 163 Å². The van der Waals surface area contributed by atoms with E-state index in [-0.39, 0.29) is 22.9 Å². The number of amides is 1. The molecule has 1 fully saturated rings. The number of hydrogen-bond donors (Lipinski definition) is 2. The number of piperidine rings is 1. The minimum Gasteiger partial charge on any atom is -0.298 e. The van der Waals surface area contributed by atoms with Gasteiger partial charge in [0.15, 0.2) is 5.11 Å². The van der Waals surface area contributed by atoms with Crippen molar-refractivity contribution >= 4 is 29.3 Å². The summed E-state index contributed by atoms with van der Waals surface area (Å²) in [5, 5.41) is 4.94. The summed E-state index contributed by atoms with van der Waals surface area (Å²) in [6, 6.07) is 10.0. The minimum atomic E-state index is -0.341. The molecule has 2 aromatic rings. The second kappa shape index (κ2) is 9.34. The molecule has 0 unspecified atom stereocenters. The lowest BCUT2D eigenvalue weighted by Gasteiger charge is -2.36. The number of hydrogen-bond acceptors (Lipinski definition) is 4. The highest BCUT2D eigenvalue weighted by atomic mass is 32.1. The van der Waals surface area contributed by atoms with Crippen molar-refractivity contribution < 1.29 is 9.18 Å². The molecule has 27 heavy (non-hydrogen) atoms. The average Bonchev–Trinajstić information content (AvgIpc) is 2.68. The topological polar surface area (TPSA) is 57.3 Å². The quantitative estimate of drug-likeness (QED) is 0.625. The maximum absolute atomic E-state index is 12.9. The van der Waals surface area contributed by atoms with Crippen LogP contribution in [0.2, 0.25) is 0 Å². The van der Waals surface area contributed by atoms with Crippen molar-refractivity contribution in [3.8, 4) is 0 Å². The summed E-state index contributed by atoms with van der Waals surface area (Å²) < 4.78 is 12.9. The molecule has 1 atom stereocenters. The molecule has 1 aromatic heterocycles. The van der Waals surface area contributed by atoms with Crippen molar-refractivity contribution in [2.45, 2.75) is 25.3 Å². The van der Waals surface area contributed by atoms with Crippen molar-refractivity contribution in [1.82, 2.24) is 20.7 Å². The fourth-order valence-corrected chi connectivity index (χ4v) is 3.26. The van der Waals surface area contributed by atoms with Crippen molar-refractivity contribution in [2.75, 3.05) is 6.54 Å². The van der Waals surface area contributed by atoms with E-state index >= 15 is 0 Å². The Morgan fingerprint density at radius 3 is 2.81 bits per heavy atom. The lowest BCUT2D eigenvalue weighted by molar-refractivity contribution is -0.115. The molecular formula is C20H21FN4OS. The molecule has 1 aliphatic rings. The molecule has 3 rings (SSSR count). The SMILES string of the molecule is O=C(/C=C/c1ccc(F)cc1)NC(=S)NN1CCCC[C@H]1c1cccnc1. The first-order chi connectivity index (χ1) is 13.1. The highest BCUT2D eigenvalue weighted by Crippen LogP contribution is 2.28. The van der Waals surface area contributed by atoms with Crippen LogP contribution in [0.3, 0.4) is 0 Å². The first-order valence-electron chi connectivity index (χ1n) is 8.83. The largest absolute Gasteiger partial charge is 0.298 e. The summed E-state index contributed by atoms with van der Waals surface area (Å²) in [6.45, 7) is 0.834. The number of carbonyl (C=O) groups is 1. The summed E-state index contributed by atoms with van der Waals surface area (Å²) in [7, 11) is 0. The van der Waals surface area contributed by atoms with Crippen LogP contribution >= 0.6 is 12.2 Å². The molecule has 1 saturated heterocycles. The Morgan fingerprint density at radius 1 is 1.26 bits per heavy atom. The average molecular weight is 384 g/mol. The normalized spacial score (nSPS) is 17.6. The van der Waals surface area contributed by atoms with Crippen molar-refractivity contribution in [3.63, 3.8) is 0 Å². The number of halogens is 1. The van der Waals surface area contributed by atoms with Gasteiger partial charge in [0.05, 0.1) is 6.04 Å². The molecule has 0 radical (unpaired) electrons. The molecule has 2 heterocycles. The van der Waals surface area contributed by atoms with Gasteiger partial charge in [-0.3, -0.25) is 20.5 Å². The van der Waals surface area contributed by atoms with Crippen LogP contribution in [0.1, 0.15) is 36.4 Å². The first kappa shape index (κ1) is 19.1. The van der Waals surface area contributed by atoms with Gasteiger partial charge >= 0.3 is 0 Å². The van der Waals surface area contributed by atoms with E-state index in [0.29, 0.717) is 0 Å². The summed E-state index contributed by atoms with van der Waals surface area (Å²) in [5.74, 6) is -0.654. The number of nitrogens with zero attached hydrogens (tertiary/aromatic N) is 2. The third-order valence-corrected chi connectivity index (χ3v) is 4.54. The van der Waals surface area contributed by atoms with Crippen LogP contribution in [0.25, 0.3) is 6.08 Å². The molecule has 0 saturated carbocycles. The van der Waals surface area contributed by atoms with Gasteiger partial charge in [-0.25, -0.2) is 9.40 Å². The number of nitrogens with one attached hydrogen (secondary N) is 2. The van der Waals surface area contributed by atoms with Crippen LogP contribution in [-0.4, -0.2) is 27.6 Å². The Kier molecular flexibility index (Phi) is 6.62. The van der Waals surface area contributed by atoms with Crippen LogP contribution in [0.4, 0.5) is 4.39 Å². The van der Waals surface area contributed by atoms with E-state index in [1.807, 2.05) is 23.3 Å². The van der Waals surface area contributed by atoms with E-state index < -0.39 is 0 Å². The Morgan fingerprint density at radius 2 is 2.07 bits per heavy atom. The molecule has 2 N–H and O–H groups in total. The van der Waals surface area contributed by atoms with Gasteiger partial charge in [-0.15, -0.1) is 0 Å². The third-order valence-electron chi connectivity index (χ3n) is 4.35. The van der Waals surface area contributed by atoms with E-state index in [1.165, 1.54) is 18.2 Å². The highest BCUT2D eigenvalue weighted by Gasteiger charge is 2.24. The van der Waals surface area contributed by atoms with Crippen molar-refractivity contribution in [3.05, 3.63) is 71.8 Å². The summed E-state index contributed by atoms with van der Waals surface area (Å²) in [4.78, 5) is 16.2. The van der Waals surface area contributed by atoms with Gasteiger partial charge in [-0.1, -0.05) is 24.6 Å². The summed E-state index contributed by atoms with van der Waals surface area (Å²) in [5.41, 5.74) is 4.98. The van der Waals surface area contributed by atoms with Crippen molar-refractivity contribution in [1.29, 1.82) is 0 Å². The molecule has 7 heteroatoms. The van der Waals surface area contributed by atoms with E-state index in [9.17, 15) is 9.18 Å². The number of thiocarbonyl (C=S) groups is 1. The maximum Gasteiger partial charge on any atom is 0.250 e. The standard InChI is InChI=1S/C20H21FN4OS/c21-17-9-6-15(7-10-17)8-11-19(26)23-20(27)24-25-13-2-1-5-18(25)16-4-3-12-22-14-16/h3-4,6-12,14,18H,1-2,5,13H2,(H2,23,24,26,27)/b11-8+/t18-/m0/s1. The monoisotopic (exact) mass is 384 g/mol. The molecule has 140 valence electrons. The van der Waals surface area contributed by atoms with Gasteiger partial charge in [0.25, 0.3) is 0 Å². The van der Waals surface area contributed by atoms with Crippen molar-refractivity contribution in [2.24, 2.45) is 0 Å². The van der Waals surface area contributed by atoms with Crippen LogP contribution in [0, 0.1) is 5.82 Å². The predicted molar refractivity (Wildman–Crippen MR) is 107 cm³/mol. The van der Waals surface area contributed by atoms with E-state index in [1.54, 1.807) is 24.4 Å². The molecule has 0 aliphatic carbocycles. The Hall–Kier alpha value is -2.64. The Bertz CT molecular complexity index is 810. The zero-order valence-electron chi connectivity index (χ0n) is 14.8. The minimum absolute atomic E-state index is 0.164. The van der Waals surface area contributed by atoms with Gasteiger partial charge in [0.2, 0.25) is 5.91 Å². The molecule has 1 aromatic carbocycles. The molecule has 5 nitrogen and oxygen atoms in total. The number of carbonyl (C=O) groups excluding carboxylic acids is 1. The zero-order valence-corrected chi connectivity index (χ0v) is 15.6. The molecule has 0 bridgehead atoms. The van der Waals surface area contributed by atoms with Crippen LogP contribution in [0.15, 0.2) is 54.9 Å². The van der Waals surface area contributed by atoms with Gasteiger partial charge in [-0.2, -0.15) is 0 Å². The number of benzene rings is 1. The molecule has 1 amide bonds. The second-order valence-electron chi connectivity index (χ2n) is 6.31. The Balaban J connectivity index is 1.55. The molecule has 0 spiro atoms. The van der Waals surface area contributed by atoms with E-state index in [0.717, 1.165) is 36.9 Å². The van der Waals surface area contributed by atoms with Crippen LogP contribution in [0.5, 0.6) is 0 Å². The third kappa shape index (κ3) is 5.67. The number of pyridine rings is 1.